The molecule has 21 heavy (non-hydrogen) atoms. The monoisotopic (exact) mass is 346 g/mol. The Bertz CT molecular complexity index is 814. The van der Waals surface area contributed by atoms with Crippen LogP contribution < -0.4 is 0 Å². The van der Waals surface area contributed by atoms with Gasteiger partial charge in [-0.2, -0.15) is 0 Å². The third-order valence-corrected chi connectivity index (χ3v) is 6.43. The van der Waals surface area contributed by atoms with Crippen LogP contribution in [0.3, 0.4) is 0 Å². The molecule has 2 heterocycles. The second-order valence-electron chi connectivity index (χ2n) is 5.87. The number of alkyl halides is 1. The highest BCUT2D eigenvalue weighted by Crippen LogP contribution is 2.38. The Hall–Kier alpha value is -0.780. The van der Waals surface area contributed by atoms with Gasteiger partial charge in [0.1, 0.15) is 11.3 Å². The Morgan fingerprint density at radius 3 is 2.71 bits per heavy atom. The summed E-state index contributed by atoms with van der Waals surface area (Å²) in [6, 6.07) is 5.53. The maximum atomic E-state index is 11.9. The summed E-state index contributed by atoms with van der Waals surface area (Å²) in [5.41, 5.74) is 0.980. The van der Waals surface area contributed by atoms with Crippen molar-refractivity contribution in [3.63, 3.8) is 0 Å². The Morgan fingerprint density at radius 2 is 2.14 bits per heavy atom. The maximum absolute atomic E-state index is 11.9. The van der Waals surface area contributed by atoms with Crippen molar-refractivity contribution < 1.29 is 8.42 Å². The number of imidazole rings is 1. The zero-order valence-corrected chi connectivity index (χ0v) is 14.1. The number of sulfone groups is 1. The van der Waals surface area contributed by atoms with Crippen LogP contribution in [-0.2, 0) is 15.4 Å². The molecule has 0 radical (unpaired) electrons. The first-order chi connectivity index (χ1) is 9.73. The fraction of sp³-hybridized carbons (Fsp3) is 0.500. The van der Waals surface area contributed by atoms with E-state index in [1.54, 1.807) is 6.07 Å². The third kappa shape index (κ3) is 2.45. The van der Waals surface area contributed by atoms with Crippen molar-refractivity contribution >= 4 is 44.1 Å². The van der Waals surface area contributed by atoms with E-state index in [0.29, 0.717) is 22.8 Å². The molecule has 4 nitrogen and oxygen atoms in total. The molecule has 0 saturated carbocycles. The molecule has 1 aromatic carbocycles. The Morgan fingerprint density at radius 1 is 1.43 bits per heavy atom. The lowest BCUT2D eigenvalue weighted by Gasteiger charge is -2.28. The van der Waals surface area contributed by atoms with E-state index in [-0.39, 0.29) is 16.9 Å². The quantitative estimate of drug-likeness (QED) is 0.781. The lowest BCUT2D eigenvalue weighted by Crippen LogP contribution is -2.33. The first-order valence-corrected chi connectivity index (χ1v) is 9.39. The Labute approximate surface area is 134 Å². The summed E-state index contributed by atoms with van der Waals surface area (Å²) in [7, 11) is -3.03. The van der Waals surface area contributed by atoms with Gasteiger partial charge in [0.15, 0.2) is 9.84 Å². The molecule has 1 aliphatic heterocycles. The number of nitrogens with zero attached hydrogens (tertiary/aromatic N) is 2. The SMILES string of the molecule is CC(Cl)c1nc2c(Cl)cccc2n1C1(C)CCS(=O)(=O)C1. The zero-order chi connectivity index (χ0) is 15.4. The van der Waals surface area contributed by atoms with E-state index in [1.807, 2.05) is 30.5 Å². The Balaban J connectivity index is 2.31. The number of aromatic nitrogens is 2. The molecule has 3 rings (SSSR count). The van der Waals surface area contributed by atoms with Crippen molar-refractivity contribution in [1.82, 2.24) is 9.55 Å². The normalized spacial score (nSPS) is 26.3. The minimum absolute atomic E-state index is 0.106. The minimum Gasteiger partial charge on any atom is -0.320 e. The standard InChI is InChI=1S/C14H16Cl2N2O2S/c1-9(15)13-17-12-10(16)4-3-5-11(12)18(13)14(2)6-7-21(19,20)8-14/h3-5,9H,6-8H2,1-2H3. The third-order valence-electron chi connectivity index (χ3n) is 4.04. The number of fused-ring (bicyclic) bond motifs is 1. The number of benzene rings is 1. The van der Waals surface area contributed by atoms with Crippen LogP contribution in [0.25, 0.3) is 11.0 Å². The highest BCUT2D eigenvalue weighted by molar-refractivity contribution is 7.91. The highest BCUT2D eigenvalue weighted by Gasteiger charge is 2.42. The van der Waals surface area contributed by atoms with Crippen LogP contribution in [0.15, 0.2) is 18.2 Å². The molecule has 0 aliphatic carbocycles. The summed E-state index contributed by atoms with van der Waals surface area (Å²) < 4.78 is 25.8. The van der Waals surface area contributed by atoms with E-state index in [2.05, 4.69) is 4.98 Å². The van der Waals surface area contributed by atoms with Crippen molar-refractivity contribution in [3.8, 4) is 0 Å². The van der Waals surface area contributed by atoms with Crippen LogP contribution in [0.1, 0.15) is 31.5 Å². The van der Waals surface area contributed by atoms with Crippen LogP contribution in [0.2, 0.25) is 5.02 Å². The van der Waals surface area contributed by atoms with Gasteiger partial charge in [0.25, 0.3) is 0 Å². The minimum atomic E-state index is -3.03. The van der Waals surface area contributed by atoms with Crippen molar-refractivity contribution in [2.45, 2.75) is 31.2 Å². The molecule has 114 valence electrons. The molecule has 1 fully saturated rings. The van der Waals surface area contributed by atoms with Gasteiger partial charge in [0, 0.05) is 0 Å². The van der Waals surface area contributed by atoms with Crippen LogP contribution in [0.4, 0.5) is 0 Å². The highest BCUT2D eigenvalue weighted by atomic mass is 35.5. The lowest BCUT2D eigenvalue weighted by atomic mass is 10.0. The second-order valence-corrected chi connectivity index (χ2v) is 9.11. The summed E-state index contributed by atoms with van der Waals surface area (Å²) in [4.78, 5) is 4.55. The van der Waals surface area contributed by atoms with E-state index in [9.17, 15) is 8.42 Å². The van der Waals surface area contributed by atoms with E-state index in [0.717, 1.165) is 5.52 Å². The molecule has 1 aromatic heterocycles. The molecule has 7 heteroatoms. The van der Waals surface area contributed by atoms with Gasteiger partial charge in [0.05, 0.1) is 33.0 Å². The van der Waals surface area contributed by atoms with Crippen molar-refractivity contribution in [1.29, 1.82) is 0 Å². The maximum Gasteiger partial charge on any atom is 0.152 e. The topological polar surface area (TPSA) is 52.0 Å². The van der Waals surface area contributed by atoms with E-state index < -0.39 is 15.4 Å². The van der Waals surface area contributed by atoms with Crippen LogP contribution in [-0.4, -0.2) is 29.5 Å². The van der Waals surface area contributed by atoms with E-state index in [4.69, 9.17) is 23.2 Å². The number of halogens is 2. The fourth-order valence-corrected chi connectivity index (χ4v) is 5.56. The van der Waals surface area contributed by atoms with Gasteiger partial charge < -0.3 is 4.57 Å². The number of hydrogen-bond donors (Lipinski definition) is 0. The van der Waals surface area contributed by atoms with Crippen molar-refractivity contribution in [3.05, 3.63) is 29.0 Å². The molecule has 2 atom stereocenters. The molecule has 0 bridgehead atoms. The number of rotatable bonds is 2. The predicted molar refractivity (Wildman–Crippen MR) is 85.9 cm³/mol. The smallest absolute Gasteiger partial charge is 0.152 e. The predicted octanol–water partition coefficient (Wildman–Crippen LogP) is 3.52. The van der Waals surface area contributed by atoms with Gasteiger partial charge >= 0.3 is 0 Å². The summed E-state index contributed by atoms with van der Waals surface area (Å²) in [6.07, 6.45) is 0.559. The van der Waals surface area contributed by atoms with Crippen LogP contribution >= 0.6 is 23.2 Å². The molecule has 0 spiro atoms. The zero-order valence-electron chi connectivity index (χ0n) is 11.8. The molecule has 0 N–H and O–H groups in total. The van der Waals surface area contributed by atoms with Crippen LogP contribution in [0, 0.1) is 0 Å². The van der Waals surface area contributed by atoms with Gasteiger partial charge in [-0.05, 0) is 32.4 Å². The molecule has 1 aliphatic rings. The average Bonchev–Trinajstić information content (AvgIpc) is 2.89. The molecule has 0 amide bonds. The Kier molecular flexibility index (Phi) is 3.50. The average molecular weight is 347 g/mol. The summed E-state index contributed by atoms with van der Waals surface area (Å²) in [6.45, 7) is 3.78. The lowest BCUT2D eigenvalue weighted by molar-refractivity contribution is 0.363. The molecule has 1 saturated heterocycles. The molecule has 2 aromatic rings. The van der Waals surface area contributed by atoms with Crippen LogP contribution in [0.5, 0.6) is 0 Å². The fourth-order valence-electron chi connectivity index (χ4n) is 3.09. The van der Waals surface area contributed by atoms with Gasteiger partial charge in [-0.25, -0.2) is 13.4 Å². The van der Waals surface area contributed by atoms with E-state index >= 15 is 0 Å². The first kappa shape index (κ1) is 15.1. The van der Waals surface area contributed by atoms with E-state index in [1.165, 1.54) is 0 Å². The molecular formula is C14H16Cl2N2O2S. The molecule has 2 unspecified atom stereocenters. The summed E-state index contributed by atoms with van der Waals surface area (Å²) >= 11 is 12.5. The van der Waals surface area contributed by atoms with Gasteiger partial charge in [0.2, 0.25) is 0 Å². The summed E-state index contributed by atoms with van der Waals surface area (Å²) in [5.74, 6) is 0.966. The first-order valence-electron chi connectivity index (χ1n) is 6.75. The van der Waals surface area contributed by atoms with Gasteiger partial charge in [-0.1, -0.05) is 17.7 Å². The van der Waals surface area contributed by atoms with Crippen molar-refractivity contribution in [2.24, 2.45) is 0 Å². The second kappa shape index (κ2) is 4.86. The molecular weight excluding hydrogens is 331 g/mol. The number of para-hydroxylation sites is 1. The van der Waals surface area contributed by atoms with Gasteiger partial charge in [-0.3, -0.25) is 0 Å². The summed E-state index contributed by atoms with van der Waals surface area (Å²) in [5, 5.41) is 0.225. The van der Waals surface area contributed by atoms with Gasteiger partial charge in [-0.15, -0.1) is 11.6 Å². The number of hydrogen-bond acceptors (Lipinski definition) is 3. The van der Waals surface area contributed by atoms with Crippen molar-refractivity contribution in [2.75, 3.05) is 11.5 Å². The largest absolute Gasteiger partial charge is 0.320 e.